The first-order valence-electron chi connectivity index (χ1n) is 7.51. The Morgan fingerprint density at radius 1 is 1.18 bits per heavy atom. The van der Waals surface area contributed by atoms with Crippen molar-refractivity contribution in [1.82, 2.24) is 10.2 Å². The lowest BCUT2D eigenvalue weighted by molar-refractivity contribution is 0.465. The Kier molecular flexibility index (Phi) is 11.1. The number of halogens is 3. The van der Waals surface area contributed by atoms with E-state index in [1.54, 1.807) is 0 Å². The maximum atomic E-state index is 13.1. The van der Waals surface area contributed by atoms with Gasteiger partial charge in [-0.2, -0.15) is 0 Å². The number of benzene rings is 1. The Morgan fingerprint density at radius 2 is 1.82 bits per heavy atom. The molecule has 1 rings (SSSR count). The van der Waals surface area contributed by atoms with Gasteiger partial charge in [0.2, 0.25) is 0 Å². The lowest BCUT2D eigenvalue weighted by Crippen LogP contribution is -2.39. The molecule has 1 aromatic rings. The van der Waals surface area contributed by atoms with Crippen molar-refractivity contribution in [3.05, 3.63) is 35.4 Å². The van der Waals surface area contributed by atoms with Crippen molar-refractivity contribution in [3.63, 3.8) is 0 Å². The molecule has 0 aliphatic rings. The Labute approximate surface area is 149 Å². The zero-order valence-corrected chi connectivity index (χ0v) is 15.9. The maximum Gasteiger partial charge on any atom is 0.193 e. The summed E-state index contributed by atoms with van der Waals surface area (Å²) in [6.45, 7) is 6.41. The highest BCUT2D eigenvalue weighted by atomic mass is 127. The van der Waals surface area contributed by atoms with Crippen LogP contribution in [-0.2, 0) is 6.42 Å². The molecule has 1 N–H and O–H groups in total. The first kappa shape index (κ1) is 21.1. The molecule has 0 atom stereocenters. The summed E-state index contributed by atoms with van der Waals surface area (Å²) < 4.78 is 26.2. The highest BCUT2D eigenvalue weighted by Crippen LogP contribution is 2.08. The Balaban J connectivity index is 0.00000441. The van der Waals surface area contributed by atoms with Crippen LogP contribution in [0, 0.1) is 11.6 Å². The third kappa shape index (κ3) is 7.91. The van der Waals surface area contributed by atoms with Crippen LogP contribution >= 0.6 is 24.0 Å². The largest absolute Gasteiger partial charge is 0.357 e. The van der Waals surface area contributed by atoms with Crippen LogP contribution in [0.25, 0.3) is 0 Å². The summed E-state index contributed by atoms with van der Waals surface area (Å²) in [5, 5.41) is 3.23. The standard InChI is InChI=1S/C16H25F2N3.HI/c1-4-6-9-21(3)16(19-5-2)20-8-7-13-10-14(17)12-15(18)11-13;/h10-12H,4-9H2,1-3H3,(H,19,20);1H. The van der Waals surface area contributed by atoms with Crippen LogP contribution in [0.1, 0.15) is 32.3 Å². The maximum absolute atomic E-state index is 13.1. The van der Waals surface area contributed by atoms with Gasteiger partial charge in [0.25, 0.3) is 0 Å². The molecule has 22 heavy (non-hydrogen) atoms. The molecule has 0 amide bonds. The van der Waals surface area contributed by atoms with E-state index < -0.39 is 11.6 Å². The number of unbranched alkanes of at least 4 members (excludes halogenated alkanes) is 1. The van der Waals surface area contributed by atoms with Gasteiger partial charge in [-0.15, -0.1) is 24.0 Å². The monoisotopic (exact) mass is 425 g/mol. The van der Waals surface area contributed by atoms with Gasteiger partial charge in [0.15, 0.2) is 5.96 Å². The van der Waals surface area contributed by atoms with Crippen molar-refractivity contribution in [3.8, 4) is 0 Å². The second-order valence-corrected chi connectivity index (χ2v) is 5.04. The van der Waals surface area contributed by atoms with Gasteiger partial charge in [0.1, 0.15) is 11.6 Å². The van der Waals surface area contributed by atoms with Crippen LogP contribution in [0.5, 0.6) is 0 Å². The predicted molar refractivity (Wildman–Crippen MR) is 99.0 cm³/mol. The van der Waals surface area contributed by atoms with E-state index in [0.29, 0.717) is 18.5 Å². The van der Waals surface area contributed by atoms with E-state index in [1.807, 2.05) is 14.0 Å². The van der Waals surface area contributed by atoms with Gasteiger partial charge in [-0.3, -0.25) is 4.99 Å². The molecular weight excluding hydrogens is 399 g/mol. The summed E-state index contributed by atoms with van der Waals surface area (Å²) in [6.07, 6.45) is 2.76. The molecule has 0 aliphatic carbocycles. The van der Waals surface area contributed by atoms with Crippen LogP contribution in [0.15, 0.2) is 23.2 Å². The molecule has 1 aromatic carbocycles. The second-order valence-electron chi connectivity index (χ2n) is 5.04. The van der Waals surface area contributed by atoms with Crippen molar-refractivity contribution >= 4 is 29.9 Å². The lowest BCUT2D eigenvalue weighted by atomic mass is 10.1. The number of hydrogen-bond donors (Lipinski definition) is 1. The highest BCUT2D eigenvalue weighted by Gasteiger charge is 2.05. The number of hydrogen-bond acceptors (Lipinski definition) is 1. The lowest BCUT2D eigenvalue weighted by Gasteiger charge is -2.21. The number of nitrogens with zero attached hydrogens (tertiary/aromatic N) is 2. The molecule has 0 fully saturated rings. The van der Waals surface area contributed by atoms with E-state index in [-0.39, 0.29) is 24.0 Å². The molecule has 0 saturated carbocycles. The van der Waals surface area contributed by atoms with Crippen LogP contribution < -0.4 is 5.32 Å². The van der Waals surface area contributed by atoms with Gasteiger partial charge in [0, 0.05) is 32.7 Å². The van der Waals surface area contributed by atoms with E-state index >= 15 is 0 Å². The molecule has 126 valence electrons. The van der Waals surface area contributed by atoms with Crippen molar-refractivity contribution in [2.75, 3.05) is 26.7 Å². The number of aliphatic imine (C=N–C) groups is 1. The Hall–Kier alpha value is -0.920. The fourth-order valence-corrected chi connectivity index (χ4v) is 2.02. The van der Waals surface area contributed by atoms with E-state index in [2.05, 4.69) is 22.1 Å². The first-order valence-corrected chi connectivity index (χ1v) is 7.51. The van der Waals surface area contributed by atoms with Gasteiger partial charge in [-0.05, 0) is 37.5 Å². The zero-order chi connectivity index (χ0) is 15.7. The number of guanidine groups is 1. The van der Waals surface area contributed by atoms with Crippen LogP contribution in [0.2, 0.25) is 0 Å². The molecule has 3 nitrogen and oxygen atoms in total. The van der Waals surface area contributed by atoms with Gasteiger partial charge < -0.3 is 10.2 Å². The molecule has 0 bridgehead atoms. The van der Waals surface area contributed by atoms with E-state index in [4.69, 9.17) is 0 Å². The van der Waals surface area contributed by atoms with Crippen molar-refractivity contribution in [1.29, 1.82) is 0 Å². The summed E-state index contributed by atoms with van der Waals surface area (Å²) >= 11 is 0. The third-order valence-electron chi connectivity index (χ3n) is 3.13. The first-order chi connectivity index (χ1) is 10.1. The normalized spacial score (nSPS) is 11.0. The SMILES string of the molecule is CCCCN(C)C(=NCCc1cc(F)cc(F)c1)NCC.I. The van der Waals surface area contributed by atoms with Gasteiger partial charge >= 0.3 is 0 Å². The minimum atomic E-state index is -0.541. The number of nitrogens with one attached hydrogen (secondary N) is 1. The third-order valence-corrected chi connectivity index (χ3v) is 3.13. The summed E-state index contributed by atoms with van der Waals surface area (Å²) in [4.78, 5) is 6.59. The second kappa shape index (κ2) is 11.6. The van der Waals surface area contributed by atoms with E-state index in [9.17, 15) is 8.78 Å². The highest BCUT2D eigenvalue weighted by molar-refractivity contribution is 14.0. The fraction of sp³-hybridized carbons (Fsp3) is 0.562. The topological polar surface area (TPSA) is 27.6 Å². The Bertz CT molecular complexity index is 446. The summed E-state index contributed by atoms with van der Waals surface area (Å²) in [5.74, 6) is -0.246. The van der Waals surface area contributed by atoms with Crippen LogP contribution in [0.4, 0.5) is 8.78 Å². The van der Waals surface area contributed by atoms with Gasteiger partial charge in [0.05, 0.1) is 0 Å². The van der Waals surface area contributed by atoms with Gasteiger partial charge in [-0.1, -0.05) is 13.3 Å². The van der Waals surface area contributed by atoms with Crippen molar-refractivity contribution < 1.29 is 8.78 Å². The average molecular weight is 425 g/mol. The minimum Gasteiger partial charge on any atom is -0.357 e. The molecule has 6 heteroatoms. The summed E-state index contributed by atoms with van der Waals surface area (Å²) in [5.41, 5.74) is 0.628. The predicted octanol–water partition coefficient (Wildman–Crippen LogP) is 3.82. The summed E-state index contributed by atoms with van der Waals surface area (Å²) in [6, 6.07) is 3.59. The average Bonchev–Trinajstić information content (AvgIpc) is 2.42. The smallest absolute Gasteiger partial charge is 0.193 e. The molecule has 0 unspecified atom stereocenters. The van der Waals surface area contributed by atoms with E-state index in [1.165, 1.54) is 12.1 Å². The van der Waals surface area contributed by atoms with Crippen molar-refractivity contribution in [2.24, 2.45) is 4.99 Å². The fourth-order valence-electron chi connectivity index (χ4n) is 2.02. The van der Waals surface area contributed by atoms with Crippen LogP contribution in [0.3, 0.4) is 0 Å². The Morgan fingerprint density at radius 3 is 2.36 bits per heavy atom. The minimum absolute atomic E-state index is 0. The van der Waals surface area contributed by atoms with Crippen LogP contribution in [-0.4, -0.2) is 37.5 Å². The molecule has 0 radical (unpaired) electrons. The zero-order valence-electron chi connectivity index (χ0n) is 13.5. The molecule has 0 saturated heterocycles. The number of rotatable bonds is 7. The molecular formula is C16H26F2IN3. The van der Waals surface area contributed by atoms with Crippen molar-refractivity contribution in [2.45, 2.75) is 33.1 Å². The molecule has 0 aliphatic heterocycles. The quantitative estimate of drug-likeness (QED) is 0.409. The van der Waals surface area contributed by atoms with E-state index in [0.717, 1.165) is 38.0 Å². The van der Waals surface area contributed by atoms with Gasteiger partial charge in [-0.25, -0.2) is 8.78 Å². The molecule has 0 spiro atoms. The molecule has 0 aromatic heterocycles. The summed E-state index contributed by atoms with van der Waals surface area (Å²) in [7, 11) is 2.00. The molecule has 0 heterocycles.